The number of pyridine rings is 1. The molecule has 0 unspecified atom stereocenters. The first kappa shape index (κ1) is 21.9. The Labute approximate surface area is 199 Å². The molecule has 4 nitrogen and oxygen atoms in total. The van der Waals surface area contributed by atoms with Crippen LogP contribution in [-0.2, 0) is 17.8 Å². The Bertz CT molecular complexity index is 1440. The Morgan fingerprint density at radius 2 is 1.62 bits per heavy atom. The first-order valence-corrected chi connectivity index (χ1v) is 11.5. The number of nitrogens with zero attached hydrogens (tertiary/aromatic N) is 3. The maximum absolute atomic E-state index is 14.3. The maximum atomic E-state index is 14.3. The Kier molecular flexibility index (Phi) is 6.10. The lowest BCUT2D eigenvalue weighted by atomic mass is 10.0. The molecule has 0 saturated heterocycles. The largest absolute Gasteiger partial charge is 0.282 e. The summed E-state index contributed by atoms with van der Waals surface area (Å²) in [5, 5.41) is 0.302. The molecule has 2 aromatic heterocycles. The van der Waals surface area contributed by atoms with Crippen molar-refractivity contribution in [1.29, 1.82) is 0 Å². The van der Waals surface area contributed by atoms with Gasteiger partial charge in [-0.15, -0.1) is 0 Å². The maximum Gasteiger partial charge on any atom is 0.233 e. The normalized spacial score (nSPS) is 11.0. The minimum atomic E-state index is -0.751. The van der Waals surface area contributed by atoms with E-state index >= 15 is 0 Å². The summed E-state index contributed by atoms with van der Waals surface area (Å²) < 4.78 is 28.3. The first-order chi connectivity index (χ1) is 16.6. The second kappa shape index (κ2) is 9.49. The van der Waals surface area contributed by atoms with E-state index in [1.165, 1.54) is 11.0 Å². The number of aromatic nitrogens is 2. The van der Waals surface area contributed by atoms with Crippen LogP contribution in [0, 0.1) is 11.6 Å². The van der Waals surface area contributed by atoms with E-state index in [1.807, 2.05) is 66.7 Å². The molecule has 7 heteroatoms. The number of carbonyl (C=O) groups is 1. The number of hydrogen-bond donors (Lipinski definition) is 0. The van der Waals surface area contributed by atoms with Crippen LogP contribution in [0.3, 0.4) is 0 Å². The molecule has 5 aromatic rings. The standard InChI is InChI=1S/C27H19F2N3OS/c28-21-15-23(29)26-24(16-21)34-27(31-26)32(17-22-8-4-5-13-30-22)25(33)14-18-9-11-20(12-10-18)19-6-2-1-3-7-19/h1-13,15-16H,14,17H2. The molecule has 34 heavy (non-hydrogen) atoms. The summed E-state index contributed by atoms with van der Waals surface area (Å²) in [6.45, 7) is 0.172. The number of benzene rings is 3. The minimum absolute atomic E-state index is 0.0486. The topological polar surface area (TPSA) is 46.1 Å². The number of halogens is 2. The molecule has 0 atom stereocenters. The highest BCUT2D eigenvalue weighted by molar-refractivity contribution is 7.22. The minimum Gasteiger partial charge on any atom is -0.282 e. The summed E-state index contributed by atoms with van der Waals surface area (Å²) in [7, 11) is 0. The van der Waals surface area contributed by atoms with Crippen LogP contribution in [0.15, 0.2) is 91.1 Å². The third-order valence-corrected chi connectivity index (χ3v) is 6.42. The van der Waals surface area contributed by atoms with Crippen LogP contribution in [0.25, 0.3) is 21.3 Å². The molecule has 0 fully saturated rings. The zero-order valence-electron chi connectivity index (χ0n) is 18.0. The lowest BCUT2D eigenvalue weighted by Crippen LogP contribution is -2.32. The second-order valence-electron chi connectivity index (χ2n) is 7.77. The second-order valence-corrected chi connectivity index (χ2v) is 8.78. The molecule has 5 rings (SSSR count). The Morgan fingerprint density at radius 1 is 0.882 bits per heavy atom. The van der Waals surface area contributed by atoms with Gasteiger partial charge in [0.1, 0.15) is 11.3 Å². The van der Waals surface area contributed by atoms with Gasteiger partial charge in [-0.05, 0) is 34.9 Å². The molecule has 0 aliphatic carbocycles. The van der Waals surface area contributed by atoms with Gasteiger partial charge in [0.05, 0.1) is 23.4 Å². The Morgan fingerprint density at radius 3 is 2.35 bits per heavy atom. The summed E-state index contributed by atoms with van der Waals surface area (Å²) in [4.78, 5) is 23.5. The van der Waals surface area contributed by atoms with E-state index in [-0.39, 0.29) is 24.4 Å². The molecule has 0 aliphatic heterocycles. The van der Waals surface area contributed by atoms with Crippen molar-refractivity contribution in [2.45, 2.75) is 13.0 Å². The predicted molar refractivity (Wildman–Crippen MR) is 131 cm³/mol. The van der Waals surface area contributed by atoms with E-state index < -0.39 is 11.6 Å². The fraction of sp³-hybridized carbons (Fsp3) is 0.0741. The van der Waals surface area contributed by atoms with E-state index in [4.69, 9.17) is 0 Å². The number of hydrogen-bond acceptors (Lipinski definition) is 4. The summed E-state index contributed by atoms with van der Waals surface area (Å²) in [5.74, 6) is -1.64. The summed E-state index contributed by atoms with van der Waals surface area (Å²) in [6, 6.07) is 25.3. The molecule has 0 bridgehead atoms. The number of rotatable bonds is 6. The number of fused-ring (bicyclic) bond motifs is 1. The van der Waals surface area contributed by atoms with Crippen molar-refractivity contribution in [2.24, 2.45) is 0 Å². The predicted octanol–water partition coefficient (Wildman–Crippen LogP) is 6.41. The van der Waals surface area contributed by atoms with Gasteiger partial charge in [0.15, 0.2) is 10.9 Å². The van der Waals surface area contributed by atoms with Gasteiger partial charge in [-0.1, -0.05) is 72.0 Å². The quantitative estimate of drug-likeness (QED) is 0.287. The zero-order chi connectivity index (χ0) is 23.5. The van der Waals surface area contributed by atoms with E-state index in [0.717, 1.165) is 34.1 Å². The van der Waals surface area contributed by atoms with Crippen molar-refractivity contribution in [3.05, 3.63) is 114 Å². The van der Waals surface area contributed by atoms with Crippen molar-refractivity contribution in [2.75, 3.05) is 4.90 Å². The van der Waals surface area contributed by atoms with Gasteiger partial charge in [-0.25, -0.2) is 13.8 Å². The van der Waals surface area contributed by atoms with Crippen LogP contribution in [0.5, 0.6) is 0 Å². The molecule has 1 amide bonds. The molecule has 0 spiro atoms. The van der Waals surface area contributed by atoms with Crippen molar-refractivity contribution in [1.82, 2.24) is 9.97 Å². The van der Waals surface area contributed by atoms with Crippen molar-refractivity contribution < 1.29 is 13.6 Å². The number of carbonyl (C=O) groups excluding carboxylic acids is 1. The van der Waals surface area contributed by atoms with Crippen LogP contribution in [0.2, 0.25) is 0 Å². The SMILES string of the molecule is O=C(Cc1ccc(-c2ccccc2)cc1)N(Cc1ccccn1)c1nc2c(F)cc(F)cc2s1. The van der Waals surface area contributed by atoms with Crippen molar-refractivity contribution in [3.63, 3.8) is 0 Å². The molecule has 0 radical (unpaired) electrons. The van der Waals surface area contributed by atoms with Crippen LogP contribution in [-0.4, -0.2) is 15.9 Å². The van der Waals surface area contributed by atoms with Crippen LogP contribution < -0.4 is 4.90 Å². The van der Waals surface area contributed by atoms with Gasteiger partial charge in [0, 0.05) is 12.3 Å². The zero-order valence-corrected chi connectivity index (χ0v) is 18.8. The molecule has 0 aliphatic rings. The first-order valence-electron chi connectivity index (χ1n) is 10.7. The molecule has 3 aromatic carbocycles. The van der Waals surface area contributed by atoms with Gasteiger partial charge < -0.3 is 0 Å². The molecule has 2 heterocycles. The summed E-state index contributed by atoms with van der Waals surface area (Å²) >= 11 is 1.08. The number of anilines is 1. The monoisotopic (exact) mass is 471 g/mol. The van der Waals surface area contributed by atoms with E-state index in [1.54, 1.807) is 12.3 Å². The number of thiazole rings is 1. The van der Waals surface area contributed by atoms with Crippen LogP contribution >= 0.6 is 11.3 Å². The van der Waals surface area contributed by atoms with Gasteiger partial charge in [-0.2, -0.15) is 0 Å². The summed E-state index contributed by atoms with van der Waals surface area (Å²) in [5.41, 5.74) is 3.72. The highest BCUT2D eigenvalue weighted by atomic mass is 32.1. The highest BCUT2D eigenvalue weighted by Gasteiger charge is 2.22. The molecule has 168 valence electrons. The fourth-order valence-electron chi connectivity index (χ4n) is 3.69. The van der Waals surface area contributed by atoms with E-state index in [0.29, 0.717) is 15.5 Å². The van der Waals surface area contributed by atoms with Crippen LogP contribution in [0.1, 0.15) is 11.3 Å². The third-order valence-electron chi connectivity index (χ3n) is 5.40. The average molecular weight is 472 g/mol. The highest BCUT2D eigenvalue weighted by Crippen LogP contribution is 2.32. The van der Waals surface area contributed by atoms with E-state index in [9.17, 15) is 13.6 Å². The van der Waals surface area contributed by atoms with Gasteiger partial charge in [0.25, 0.3) is 0 Å². The molecule has 0 N–H and O–H groups in total. The van der Waals surface area contributed by atoms with Crippen molar-refractivity contribution in [3.8, 4) is 11.1 Å². The van der Waals surface area contributed by atoms with Gasteiger partial charge in [0.2, 0.25) is 5.91 Å². The Balaban J connectivity index is 1.44. The number of amides is 1. The fourth-order valence-corrected chi connectivity index (χ4v) is 4.71. The molecule has 0 saturated carbocycles. The lowest BCUT2D eigenvalue weighted by Gasteiger charge is -2.19. The summed E-state index contributed by atoms with van der Waals surface area (Å²) in [6.07, 6.45) is 1.78. The van der Waals surface area contributed by atoms with Crippen molar-refractivity contribution >= 4 is 32.6 Å². The smallest absolute Gasteiger partial charge is 0.233 e. The Hall–Kier alpha value is -3.97. The van der Waals surface area contributed by atoms with Crippen LogP contribution in [0.4, 0.5) is 13.9 Å². The van der Waals surface area contributed by atoms with Gasteiger partial charge >= 0.3 is 0 Å². The lowest BCUT2D eigenvalue weighted by molar-refractivity contribution is -0.118. The third kappa shape index (κ3) is 4.70. The molecular formula is C27H19F2N3OS. The van der Waals surface area contributed by atoms with E-state index in [2.05, 4.69) is 9.97 Å². The van der Waals surface area contributed by atoms with Gasteiger partial charge in [-0.3, -0.25) is 14.7 Å². The average Bonchev–Trinajstić information content (AvgIpc) is 3.28. The molecular weight excluding hydrogens is 452 g/mol.